The van der Waals surface area contributed by atoms with Crippen molar-refractivity contribution < 1.29 is 4.74 Å². The third-order valence-electron chi connectivity index (χ3n) is 3.79. The molecule has 0 aliphatic heterocycles. The highest BCUT2D eigenvalue weighted by atomic mass is 16.5. The maximum absolute atomic E-state index is 5.96. The fourth-order valence-corrected chi connectivity index (χ4v) is 2.78. The Bertz CT molecular complexity index is 412. The van der Waals surface area contributed by atoms with E-state index in [0.717, 1.165) is 31.7 Å². The van der Waals surface area contributed by atoms with E-state index < -0.39 is 0 Å². The number of rotatable bonds is 7. The van der Waals surface area contributed by atoms with Gasteiger partial charge in [0.2, 0.25) is 0 Å². The van der Waals surface area contributed by atoms with Gasteiger partial charge in [0.05, 0.1) is 6.61 Å². The molecule has 19 heavy (non-hydrogen) atoms. The first-order chi connectivity index (χ1) is 9.20. The third-order valence-corrected chi connectivity index (χ3v) is 3.79. The molecule has 0 amide bonds. The van der Waals surface area contributed by atoms with Crippen molar-refractivity contribution in [1.82, 2.24) is 4.90 Å². The fourth-order valence-electron chi connectivity index (χ4n) is 2.78. The Labute approximate surface area is 117 Å². The van der Waals surface area contributed by atoms with Gasteiger partial charge >= 0.3 is 0 Å². The van der Waals surface area contributed by atoms with E-state index in [1.54, 1.807) is 5.56 Å². The minimum absolute atomic E-state index is 0.833. The smallest absolute Gasteiger partial charge is 0.122 e. The van der Waals surface area contributed by atoms with Crippen molar-refractivity contribution in [3.8, 4) is 5.75 Å². The quantitative estimate of drug-likeness (QED) is 0.745. The molecule has 0 bridgehead atoms. The Morgan fingerprint density at radius 1 is 1.16 bits per heavy atom. The molecule has 0 atom stereocenters. The molecule has 0 aromatic heterocycles. The molecule has 0 unspecified atom stereocenters. The van der Waals surface area contributed by atoms with E-state index in [-0.39, 0.29) is 0 Å². The molecule has 1 aromatic rings. The van der Waals surface area contributed by atoms with Crippen molar-refractivity contribution >= 4 is 0 Å². The molecule has 1 aliphatic carbocycles. The van der Waals surface area contributed by atoms with E-state index >= 15 is 0 Å². The first-order valence-corrected chi connectivity index (χ1v) is 7.63. The zero-order valence-electron chi connectivity index (χ0n) is 12.7. The van der Waals surface area contributed by atoms with Crippen LogP contribution in [-0.2, 0) is 19.3 Å². The van der Waals surface area contributed by atoms with Crippen LogP contribution in [0.5, 0.6) is 5.75 Å². The van der Waals surface area contributed by atoms with Gasteiger partial charge < -0.3 is 9.64 Å². The van der Waals surface area contributed by atoms with Crippen LogP contribution in [0.3, 0.4) is 0 Å². The molecule has 2 nitrogen and oxygen atoms in total. The summed E-state index contributed by atoms with van der Waals surface area (Å²) in [7, 11) is 4.27. The molecule has 106 valence electrons. The van der Waals surface area contributed by atoms with Gasteiger partial charge in [0.15, 0.2) is 0 Å². The summed E-state index contributed by atoms with van der Waals surface area (Å²) in [5.41, 5.74) is 4.49. The molecular formula is C17H27NO. The maximum Gasteiger partial charge on any atom is 0.122 e. The number of hydrogen-bond donors (Lipinski definition) is 0. The fraction of sp³-hybridized carbons (Fsp3) is 0.647. The van der Waals surface area contributed by atoms with Crippen LogP contribution in [0.15, 0.2) is 12.1 Å². The molecule has 0 saturated carbocycles. The monoisotopic (exact) mass is 261 g/mol. The molecular weight excluding hydrogens is 234 g/mol. The molecule has 0 spiro atoms. The Balaban J connectivity index is 2.09. The lowest BCUT2D eigenvalue weighted by molar-refractivity contribution is 0.312. The van der Waals surface area contributed by atoms with Gasteiger partial charge in [-0.25, -0.2) is 0 Å². The van der Waals surface area contributed by atoms with Crippen LogP contribution >= 0.6 is 0 Å². The average Bonchev–Trinajstić information content (AvgIpc) is 2.82. The van der Waals surface area contributed by atoms with Crippen molar-refractivity contribution in [3.63, 3.8) is 0 Å². The summed E-state index contributed by atoms with van der Waals surface area (Å²) < 4.78 is 5.96. The maximum atomic E-state index is 5.96. The lowest BCUT2D eigenvalue weighted by atomic mass is 10.0. The van der Waals surface area contributed by atoms with E-state index in [4.69, 9.17) is 4.74 Å². The van der Waals surface area contributed by atoms with Crippen LogP contribution in [0.25, 0.3) is 0 Å². The molecule has 0 radical (unpaired) electrons. The van der Waals surface area contributed by atoms with Crippen LogP contribution in [-0.4, -0.2) is 32.1 Å². The van der Waals surface area contributed by atoms with Crippen LogP contribution in [0.1, 0.15) is 42.9 Å². The Kier molecular flexibility index (Phi) is 5.26. The van der Waals surface area contributed by atoms with Gasteiger partial charge in [-0.15, -0.1) is 0 Å². The minimum atomic E-state index is 0.833. The summed E-state index contributed by atoms with van der Waals surface area (Å²) in [4.78, 5) is 2.25. The van der Waals surface area contributed by atoms with Crippen LogP contribution in [0.2, 0.25) is 0 Å². The largest absolute Gasteiger partial charge is 0.493 e. The summed E-state index contributed by atoms with van der Waals surface area (Å²) in [6, 6.07) is 4.71. The van der Waals surface area contributed by atoms with E-state index in [1.807, 2.05) is 0 Å². The molecule has 1 aliphatic rings. The number of ether oxygens (including phenoxy) is 1. The predicted octanol–water partition coefficient (Wildman–Crippen LogP) is 3.46. The van der Waals surface area contributed by atoms with Crippen LogP contribution in [0, 0.1) is 0 Å². The third kappa shape index (κ3) is 3.97. The zero-order chi connectivity index (χ0) is 13.7. The number of benzene rings is 1. The molecule has 0 fully saturated rings. The van der Waals surface area contributed by atoms with Crippen LogP contribution in [0.4, 0.5) is 0 Å². The van der Waals surface area contributed by atoms with Crippen molar-refractivity contribution in [2.75, 3.05) is 27.2 Å². The van der Waals surface area contributed by atoms with E-state index in [1.165, 1.54) is 36.8 Å². The van der Waals surface area contributed by atoms with Gasteiger partial charge in [-0.2, -0.15) is 0 Å². The van der Waals surface area contributed by atoms with Crippen molar-refractivity contribution in [2.24, 2.45) is 0 Å². The molecule has 0 heterocycles. The number of aryl methyl sites for hydroxylation is 3. The van der Waals surface area contributed by atoms with Crippen LogP contribution < -0.4 is 4.74 Å². The lowest BCUT2D eigenvalue weighted by Crippen LogP contribution is -2.13. The van der Waals surface area contributed by atoms with Crippen molar-refractivity contribution in [2.45, 2.75) is 45.4 Å². The number of hydrogen-bond acceptors (Lipinski definition) is 2. The number of fused-ring (bicyclic) bond motifs is 1. The minimum Gasteiger partial charge on any atom is -0.493 e. The van der Waals surface area contributed by atoms with E-state index in [0.29, 0.717) is 0 Å². The Hall–Kier alpha value is -1.02. The average molecular weight is 261 g/mol. The summed E-state index contributed by atoms with van der Waals surface area (Å²) in [5.74, 6) is 1.14. The Morgan fingerprint density at radius 2 is 1.89 bits per heavy atom. The van der Waals surface area contributed by atoms with Crippen molar-refractivity contribution in [3.05, 3.63) is 28.8 Å². The van der Waals surface area contributed by atoms with E-state index in [9.17, 15) is 0 Å². The summed E-state index contributed by atoms with van der Waals surface area (Å²) in [6.45, 7) is 4.14. The lowest BCUT2D eigenvalue weighted by Gasteiger charge is -2.15. The van der Waals surface area contributed by atoms with E-state index in [2.05, 4.69) is 38.1 Å². The standard InChI is InChI=1S/C17H27NO/c1-4-11-19-17-13-15-8-5-7-14(15)12-16(17)9-6-10-18(2)3/h12-13H,4-11H2,1-3H3. The van der Waals surface area contributed by atoms with Gasteiger partial charge in [0.25, 0.3) is 0 Å². The van der Waals surface area contributed by atoms with Gasteiger partial charge in [0, 0.05) is 0 Å². The summed E-state index contributed by atoms with van der Waals surface area (Å²) >= 11 is 0. The van der Waals surface area contributed by atoms with Gasteiger partial charge in [-0.05, 0) is 81.9 Å². The molecule has 1 aromatic carbocycles. The molecule has 0 saturated heterocycles. The normalized spacial score (nSPS) is 13.9. The van der Waals surface area contributed by atoms with Crippen molar-refractivity contribution in [1.29, 1.82) is 0 Å². The highest BCUT2D eigenvalue weighted by Gasteiger charge is 2.15. The highest BCUT2D eigenvalue weighted by molar-refractivity contribution is 5.45. The van der Waals surface area contributed by atoms with Gasteiger partial charge in [-0.3, -0.25) is 0 Å². The second-order valence-electron chi connectivity index (χ2n) is 5.84. The summed E-state index contributed by atoms with van der Waals surface area (Å²) in [6.07, 6.45) is 7.20. The zero-order valence-corrected chi connectivity index (χ0v) is 12.7. The molecule has 0 N–H and O–H groups in total. The SMILES string of the molecule is CCCOc1cc2c(cc1CCCN(C)C)CCC2. The topological polar surface area (TPSA) is 12.5 Å². The highest BCUT2D eigenvalue weighted by Crippen LogP contribution is 2.30. The number of nitrogens with zero attached hydrogens (tertiary/aromatic N) is 1. The first-order valence-electron chi connectivity index (χ1n) is 7.63. The molecule has 2 rings (SSSR count). The second-order valence-corrected chi connectivity index (χ2v) is 5.84. The molecule has 2 heteroatoms. The Morgan fingerprint density at radius 3 is 2.58 bits per heavy atom. The first kappa shape index (κ1) is 14.4. The van der Waals surface area contributed by atoms with Gasteiger partial charge in [-0.1, -0.05) is 13.0 Å². The van der Waals surface area contributed by atoms with Gasteiger partial charge in [0.1, 0.15) is 5.75 Å². The summed E-state index contributed by atoms with van der Waals surface area (Å²) in [5, 5.41) is 0. The predicted molar refractivity (Wildman–Crippen MR) is 81.1 cm³/mol. The second kappa shape index (κ2) is 6.95.